The summed E-state index contributed by atoms with van der Waals surface area (Å²) in [5.74, 6) is 0.219. The van der Waals surface area contributed by atoms with Gasteiger partial charge in [0.05, 0.1) is 23.3 Å². The molecule has 19 heavy (non-hydrogen) atoms. The highest BCUT2D eigenvalue weighted by Crippen LogP contribution is 2.21. The van der Waals surface area contributed by atoms with Crippen molar-refractivity contribution in [3.8, 4) is 0 Å². The number of nitrogens with zero attached hydrogens (tertiary/aromatic N) is 3. The normalized spacial score (nSPS) is 11.5. The summed E-state index contributed by atoms with van der Waals surface area (Å²) in [6.07, 6.45) is 1.39. The fourth-order valence-corrected chi connectivity index (χ4v) is 3.25. The summed E-state index contributed by atoms with van der Waals surface area (Å²) in [7, 11) is -2.01. The van der Waals surface area contributed by atoms with Gasteiger partial charge in [0, 0.05) is 7.05 Å². The van der Waals surface area contributed by atoms with Gasteiger partial charge in [0.1, 0.15) is 10.7 Å². The number of hydrogen-bond donors (Lipinski definition) is 2. The lowest BCUT2D eigenvalue weighted by Crippen LogP contribution is -2.15. The molecule has 0 saturated carbocycles. The van der Waals surface area contributed by atoms with Crippen molar-refractivity contribution in [3.05, 3.63) is 29.7 Å². The maximum Gasteiger partial charge on any atom is 0.266 e. The van der Waals surface area contributed by atoms with Crippen LogP contribution in [-0.2, 0) is 17.1 Å². The molecule has 0 aromatic carbocycles. The Bertz CT molecular complexity index is 703. The number of nitrogens with two attached hydrogens (primary N) is 1. The first-order valence-electron chi connectivity index (χ1n) is 5.56. The van der Waals surface area contributed by atoms with Gasteiger partial charge >= 0.3 is 0 Å². The van der Waals surface area contributed by atoms with Crippen molar-refractivity contribution in [1.29, 1.82) is 0 Å². The summed E-state index contributed by atoms with van der Waals surface area (Å²) in [5, 5.41) is 4.09. The summed E-state index contributed by atoms with van der Waals surface area (Å²) in [4.78, 5) is 4.09. The van der Waals surface area contributed by atoms with Crippen LogP contribution in [0.15, 0.2) is 23.2 Å². The number of aryl methyl sites for hydroxylation is 2. The predicted octanol–water partition coefficient (Wildman–Crippen LogP) is 0.815. The predicted molar refractivity (Wildman–Crippen MR) is 72.1 cm³/mol. The number of rotatable bonds is 3. The Morgan fingerprint density at radius 3 is 2.47 bits per heavy atom. The molecule has 0 aliphatic heterocycles. The number of anilines is 2. The minimum Gasteiger partial charge on any atom is -0.397 e. The Balaban J connectivity index is 2.40. The van der Waals surface area contributed by atoms with Crippen molar-refractivity contribution >= 4 is 21.5 Å². The second-order valence-corrected chi connectivity index (χ2v) is 5.83. The van der Waals surface area contributed by atoms with Crippen LogP contribution in [0.3, 0.4) is 0 Å². The molecule has 0 saturated heterocycles. The molecule has 0 spiro atoms. The van der Waals surface area contributed by atoms with Crippen LogP contribution < -0.4 is 10.5 Å². The Labute approximate surface area is 111 Å². The van der Waals surface area contributed by atoms with E-state index in [4.69, 9.17) is 5.73 Å². The summed E-state index contributed by atoms with van der Waals surface area (Å²) in [5.41, 5.74) is 6.99. The maximum atomic E-state index is 12.3. The van der Waals surface area contributed by atoms with Crippen molar-refractivity contribution < 1.29 is 8.42 Å². The zero-order valence-corrected chi connectivity index (χ0v) is 11.7. The van der Waals surface area contributed by atoms with Gasteiger partial charge < -0.3 is 5.73 Å². The number of sulfonamides is 1. The first kappa shape index (κ1) is 13.3. The molecule has 0 atom stereocenters. The molecule has 0 fully saturated rings. The molecule has 0 amide bonds. The van der Waals surface area contributed by atoms with Crippen LogP contribution in [0.5, 0.6) is 0 Å². The fourth-order valence-electron chi connectivity index (χ4n) is 1.80. The molecule has 2 aromatic rings. The average molecular weight is 281 g/mol. The van der Waals surface area contributed by atoms with Crippen LogP contribution >= 0.6 is 0 Å². The van der Waals surface area contributed by atoms with Crippen LogP contribution in [0.2, 0.25) is 0 Å². The van der Waals surface area contributed by atoms with Crippen LogP contribution in [0.4, 0.5) is 11.5 Å². The molecule has 0 radical (unpaired) electrons. The van der Waals surface area contributed by atoms with E-state index in [-0.39, 0.29) is 10.7 Å². The van der Waals surface area contributed by atoms with Crippen LogP contribution in [0, 0.1) is 13.8 Å². The average Bonchev–Trinajstić information content (AvgIpc) is 2.56. The number of pyridine rings is 1. The van der Waals surface area contributed by atoms with Gasteiger partial charge in [0.25, 0.3) is 10.0 Å². The highest BCUT2D eigenvalue weighted by atomic mass is 32.2. The van der Waals surface area contributed by atoms with Gasteiger partial charge in [-0.2, -0.15) is 5.10 Å². The molecule has 3 N–H and O–H groups in total. The van der Waals surface area contributed by atoms with Crippen molar-refractivity contribution in [2.75, 3.05) is 10.5 Å². The highest BCUT2D eigenvalue weighted by molar-refractivity contribution is 7.92. The molecule has 2 aromatic heterocycles. The quantitative estimate of drug-likeness (QED) is 0.866. The molecule has 0 bridgehead atoms. The Morgan fingerprint density at radius 2 is 2.00 bits per heavy atom. The van der Waals surface area contributed by atoms with Gasteiger partial charge in [-0.1, -0.05) is 0 Å². The summed E-state index contributed by atoms with van der Waals surface area (Å²) < 4.78 is 28.5. The van der Waals surface area contributed by atoms with E-state index in [1.54, 1.807) is 27.0 Å². The molecule has 102 valence electrons. The summed E-state index contributed by atoms with van der Waals surface area (Å²) in [6.45, 7) is 3.35. The lowest BCUT2D eigenvalue weighted by molar-refractivity contribution is 0.599. The van der Waals surface area contributed by atoms with Gasteiger partial charge in [-0.3, -0.25) is 9.40 Å². The fraction of sp³-hybridized carbons (Fsp3) is 0.273. The van der Waals surface area contributed by atoms with E-state index in [1.807, 2.05) is 0 Å². The first-order valence-corrected chi connectivity index (χ1v) is 7.04. The standard InChI is InChI=1S/C11H15N5O2S/c1-7-11(8(2)16(3)14-7)19(17,18)15-10-5-4-9(12)6-13-10/h4-6H,12H2,1-3H3,(H,13,15). The molecule has 7 nitrogen and oxygen atoms in total. The van der Waals surface area contributed by atoms with Crippen molar-refractivity contribution in [2.24, 2.45) is 7.05 Å². The van der Waals surface area contributed by atoms with E-state index >= 15 is 0 Å². The third-order valence-electron chi connectivity index (χ3n) is 2.74. The lowest BCUT2D eigenvalue weighted by atomic mass is 10.4. The maximum absolute atomic E-state index is 12.3. The molecular weight excluding hydrogens is 266 g/mol. The van der Waals surface area contributed by atoms with Crippen LogP contribution in [0.1, 0.15) is 11.4 Å². The number of aromatic nitrogens is 3. The largest absolute Gasteiger partial charge is 0.397 e. The topological polar surface area (TPSA) is 103 Å². The molecule has 0 aliphatic carbocycles. The van der Waals surface area contributed by atoms with E-state index in [0.29, 0.717) is 17.1 Å². The zero-order valence-electron chi connectivity index (χ0n) is 10.9. The monoisotopic (exact) mass is 281 g/mol. The molecule has 0 unspecified atom stereocenters. The van der Waals surface area contributed by atoms with E-state index in [2.05, 4.69) is 14.8 Å². The first-order chi connectivity index (χ1) is 8.81. The summed E-state index contributed by atoms with van der Waals surface area (Å²) >= 11 is 0. The second-order valence-electron chi connectivity index (χ2n) is 4.21. The molecular formula is C11H15N5O2S. The van der Waals surface area contributed by atoms with Crippen molar-refractivity contribution in [3.63, 3.8) is 0 Å². The third kappa shape index (κ3) is 2.53. The van der Waals surface area contributed by atoms with Gasteiger partial charge in [0.15, 0.2) is 0 Å². The zero-order chi connectivity index (χ0) is 14.2. The Morgan fingerprint density at radius 1 is 1.32 bits per heavy atom. The van der Waals surface area contributed by atoms with Crippen molar-refractivity contribution in [2.45, 2.75) is 18.7 Å². The minimum atomic E-state index is -3.70. The second kappa shape index (κ2) is 4.54. The Hall–Kier alpha value is -2.09. The van der Waals surface area contributed by atoms with Gasteiger partial charge in [0.2, 0.25) is 0 Å². The number of hydrogen-bond acceptors (Lipinski definition) is 5. The number of nitrogens with one attached hydrogen (secondary N) is 1. The lowest BCUT2D eigenvalue weighted by Gasteiger charge is -2.07. The SMILES string of the molecule is Cc1nn(C)c(C)c1S(=O)(=O)Nc1ccc(N)cn1. The smallest absolute Gasteiger partial charge is 0.266 e. The number of nitrogen functional groups attached to an aromatic ring is 1. The van der Waals surface area contributed by atoms with E-state index in [1.165, 1.54) is 16.9 Å². The van der Waals surface area contributed by atoms with E-state index < -0.39 is 10.0 Å². The molecule has 0 aliphatic rings. The Kier molecular flexibility index (Phi) is 3.19. The molecule has 2 rings (SSSR count). The molecule has 8 heteroatoms. The van der Waals surface area contributed by atoms with Crippen LogP contribution in [-0.4, -0.2) is 23.2 Å². The van der Waals surface area contributed by atoms with E-state index in [9.17, 15) is 8.42 Å². The van der Waals surface area contributed by atoms with Gasteiger partial charge in [-0.15, -0.1) is 0 Å². The summed E-state index contributed by atoms with van der Waals surface area (Å²) in [6, 6.07) is 3.09. The highest BCUT2D eigenvalue weighted by Gasteiger charge is 2.24. The van der Waals surface area contributed by atoms with Crippen LogP contribution in [0.25, 0.3) is 0 Å². The van der Waals surface area contributed by atoms with Gasteiger partial charge in [-0.05, 0) is 26.0 Å². The third-order valence-corrected chi connectivity index (χ3v) is 4.34. The van der Waals surface area contributed by atoms with Crippen molar-refractivity contribution in [1.82, 2.24) is 14.8 Å². The minimum absolute atomic E-state index is 0.175. The van der Waals surface area contributed by atoms with E-state index in [0.717, 1.165) is 0 Å². The van der Waals surface area contributed by atoms with Gasteiger partial charge in [-0.25, -0.2) is 13.4 Å². The molecule has 2 heterocycles.